The summed E-state index contributed by atoms with van der Waals surface area (Å²) in [6.07, 6.45) is 5.64. The first-order valence-corrected chi connectivity index (χ1v) is 7.18. The molecule has 0 amide bonds. The van der Waals surface area contributed by atoms with Crippen LogP contribution in [0.3, 0.4) is 0 Å². The van der Waals surface area contributed by atoms with Gasteiger partial charge in [0.25, 0.3) is 0 Å². The number of rotatable bonds is 4. The molecular formula is C14H20BrNO2. The topological polar surface area (TPSA) is 44.5 Å². The summed E-state index contributed by atoms with van der Waals surface area (Å²) in [6.45, 7) is 2.70. The molecule has 4 heteroatoms. The monoisotopic (exact) mass is 313 g/mol. The molecule has 0 radical (unpaired) electrons. The van der Waals surface area contributed by atoms with Gasteiger partial charge in [-0.15, -0.1) is 0 Å². The molecule has 18 heavy (non-hydrogen) atoms. The molecule has 1 aliphatic rings. The van der Waals surface area contributed by atoms with Crippen molar-refractivity contribution in [1.29, 1.82) is 0 Å². The van der Waals surface area contributed by atoms with Crippen LogP contribution in [0, 0.1) is 6.92 Å². The lowest BCUT2D eigenvalue weighted by atomic mass is 9.85. The molecular weight excluding hydrogens is 294 g/mol. The first-order chi connectivity index (χ1) is 8.70. The summed E-state index contributed by atoms with van der Waals surface area (Å²) in [6, 6.07) is 0. The molecule has 0 spiro atoms. The van der Waals surface area contributed by atoms with Crippen LogP contribution in [-0.2, 0) is 24.1 Å². The normalized spacial score (nSPS) is 14.4. The van der Waals surface area contributed by atoms with E-state index in [1.807, 2.05) is 0 Å². The van der Waals surface area contributed by atoms with Gasteiger partial charge in [0.05, 0.1) is 18.2 Å². The number of ether oxygens (including phenoxy) is 1. The Kier molecular flexibility index (Phi) is 4.65. The molecule has 0 saturated carbocycles. The Balaban J connectivity index is 2.53. The molecule has 2 rings (SSSR count). The van der Waals surface area contributed by atoms with E-state index in [2.05, 4.69) is 22.9 Å². The highest BCUT2D eigenvalue weighted by molar-refractivity contribution is 9.10. The minimum absolute atomic E-state index is 0.516. The highest BCUT2D eigenvalue weighted by Crippen LogP contribution is 2.41. The lowest BCUT2D eigenvalue weighted by Gasteiger charge is -2.25. The molecule has 0 aliphatic heterocycles. The second-order valence-corrected chi connectivity index (χ2v) is 5.53. The second-order valence-electron chi connectivity index (χ2n) is 4.74. The van der Waals surface area contributed by atoms with Crippen molar-refractivity contribution in [1.82, 2.24) is 0 Å². The molecule has 0 fully saturated rings. The average molecular weight is 314 g/mol. The van der Waals surface area contributed by atoms with Crippen LogP contribution in [0.1, 0.15) is 35.1 Å². The third-order valence-electron chi connectivity index (χ3n) is 3.79. The Bertz CT molecular complexity index is 446. The zero-order chi connectivity index (χ0) is 13.1. The van der Waals surface area contributed by atoms with Gasteiger partial charge in [0.2, 0.25) is 0 Å². The number of methoxy groups -OCH3 is 1. The molecule has 0 atom stereocenters. The molecule has 0 aromatic heterocycles. The predicted molar refractivity (Wildman–Crippen MR) is 75.9 cm³/mol. The van der Waals surface area contributed by atoms with Gasteiger partial charge < -0.3 is 9.57 Å². The first-order valence-electron chi connectivity index (χ1n) is 6.39. The van der Waals surface area contributed by atoms with Gasteiger partial charge in [-0.25, -0.2) is 5.90 Å². The smallest absolute Gasteiger partial charge is 0.136 e. The van der Waals surface area contributed by atoms with Gasteiger partial charge in [-0.1, -0.05) is 0 Å². The van der Waals surface area contributed by atoms with Crippen molar-refractivity contribution in [3.63, 3.8) is 0 Å². The van der Waals surface area contributed by atoms with Gasteiger partial charge in [0, 0.05) is 12.0 Å². The van der Waals surface area contributed by atoms with E-state index in [1.165, 1.54) is 41.5 Å². The lowest BCUT2D eigenvalue weighted by molar-refractivity contribution is 0.140. The lowest BCUT2D eigenvalue weighted by Crippen LogP contribution is -2.12. The third-order valence-corrected chi connectivity index (χ3v) is 4.62. The van der Waals surface area contributed by atoms with Crippen LogP contribution in [0.2, 0.25) is 0 Å². The highest BCUT2D eigenvalue weighted by Gasteiger charge is 2.22. The molecule has 0 unspecified atom stereocenters. The molecule has 2 N–H and O–H groups in total. The van der Waals surface area contributed by atoms with Crippen LogP contribution in [0.25, 0.3) is 0 Å². The van der Waals surface area contributed by atoms with Crippen molar-refractivity contribution in [2.75, 3.05) is 13.7 Å². The van der Waals surface area contributed by atoms with Crippen molar-refractivity contribution in [2.45, 2.75) is 39.0 Å². The van der Waals surface area contributed by atoms with Crippen molar-refractivity contribution in [3.8, 4) is 5.75 Å². The molecule has 1 aromatic carbocycles. The van der Waals surface area contributed by atoms with Crippen LogP contribution in [0.15, 0.2) is 4.47 Å². The van der Waals surface area contributed by atoms with Crippen LogP contribution >= 0.6 is 15.9 Å². The Morgan fingerprint density at radius 3 is 2.50 bits per heavy atom. The fourth-order valence-corrected chi connectivity index (χ4v) is 3.70. The van der Waals surface area contributed by atoms with Gasteiger partial charge in [-0.2, -0.15) is 0 Å². The van der Waals surface area contributed by atoms with Gasteiger partial charge in [0.15, 0.2) is 0 Å². The maximum atomic E-state index is 5.58. The Labute approximate surface area is 117 Å². The molecule has 3 nitrogen and oxygen atoms in total. The maximum absolute atomic E-state index is 5.58. The zero-order valence-corrected chi connectivity index (χ0v) is 12.6. The molecule has 0 saturated heterocycles. The fourth-order valence-electron chi connectivity index (χ4n) is 2.86. The fraction of sp³-hybridized carbons (Fsp3) is 0.571. The van der Waals surface area contributed by atoms with Crippen molar-refractivity contribution < 1.29 is 9.57 Å². The summed E-state index contributed by atoms with van der Waals surface area (Å²) in [5.41, 5.74) is 5.48. The molecule has 100 valence electrons. The van der Waals surface area contributed by atoms with Crippen LogP contribution in [0.4, 0.5) is 0 Å². The number of fused-ring (bicyclic) bond motifs is 1. The van der Waals surface area contributed by atoms with E-state index in [-0.39, 0.29) is 0 Å². The van der Waals surface area contributed by atoms with Crippen molar-refractivity contribution in [2.24, 2.45) is 5.90 Å². The van der Waals surface area contributed by atoms with Gasteiger partial charge in [0.1, 0.15) is 5.75 Å². The summed E-state index contributed by atoms with van der Waals surface area (Å²) in [5, 5.41) is 0. The summed E-state index contributed by atoms with van der Waals surface area (Å²) in [4.78, 5) is 4.71. The number of halogens is 1. The standard InChI is InChI=1S/C14H20BrNO2/c1-9-10-5-3-4-6-12(10)13(15)14(17-2)11(9)7-8-18-16/h3-8,16H2,1-2H3. The van der Waals surface area contributed by atoms with E-state index in [1.54, 1.807) is 7.11 Å². The van der Waals surface area contributed by atoms with Crippen LogP contribution < -0.4 is 10.6 Å². The Morgan fingerprint density at radius 1 is 1.22 bits per heavy atom. The molecule has 0 bridgehead atoms. The largest absolute Gasteiger partial charge is 0.495 e. The van der Waals surface area contributed by atoms with E-state index in [9.17, 15) is 0 Å². The SMILES string of the molecule is COc1c(Br)c2c(c(C)c1CCON)CCCC2. The zero-order valence-electron chi connectivity index (χ0n) is 11.0. The number of benzene rings is 1. The van der Waals surface area contributed by atoms with Gasteiger partial charge in [-0.3, -0.25) is 0 Å². The van der Waals surface area contributed by atoms with E-state index in [4.69, 9.17) is 15.5 Å². The van der Waals surface area contributed by atoms with E-state index < -0.39 is 0 Å². The Hall–Kier alpha value is -0.580. The number of nitrogens with two attached hydrogens (primary N) is 1. The summed E-state index contributed by atoms with van der Waals surface area (Å²) in [5.74, 6) is 6.09. The molecule has 1 aliphatic carbocycles. The molecule has 0 heterocycles. The van der Waals surface area contributed by atoms with Crippen LogP contribution in [-0.4, -0.2) is 13.7 Å². The predicted octanol–water partition coefficient (Wildman–Crippen LogP) is 3.08. The Morgan fingerprint density at radius 2 is 1.89 bits per heavy atom. The number of hydrogen-bond acceptors (Lipinski definition) is 3. The minimum Gasteiger partial charge on any atom is -0.495 e. The first kappa shape index (κ1) is 13.8. The summed E-state index contributed by atoms with van der Waals surface area (Å²) >= 11 is 3.71. The highest BCUT2D eigenvalue weighted by atomic mass is 79.9. The van der Waals surface area contributed by atoms with E-state index in [0.717, 1.165) is 23.1 Å². The van der Waals surface area contributed by atoms with Gasteiger partial charge in [-0.05, 0) is 65.2 Å². The second kappa shape index (κ2) is 6.04. The summed E-state index contributed by atoms with van der Waals surface area (Å²) < 4.78 is 6.70. The third kappa shape index (κ3) is 2.42. The van der Waals surface area contributed by atoms with Crippen LogP contribution in [0.5, 0.6) is 5.75 Å². The minimum atomic E-state index is 0.516. The van der Waals surface area contributed by atoms with Crippen molar-refractivity contribution >= 4 is 15.9 Å². The number of hydrogen-bond donors (Lipinski definition) is 1. The quantitative estimate of drug-likeness (QED) is 0.869. The maximum Gasteiger partial charge on any atom is 0.136 e. The van der Waals surface area contributed by atoms with Crippen molar-refractivity contribution in [3.05, 3.63) is 26.7 Å². The van der Waals surface area contributed by atoms with E-state index >= 15 is 0 Å². The van der Waals surface area contributed by atoms with E-state index in [0.29, 0.717) is 6.61 Å². The summed E-state index contributed by atoms with van der Waals surface area (Å²) in [7, 11) is 1.72. The van der Waals surface area contributed by atoms with Gasteiger partial charge >= 0.3 is 0 Å². The average Bonchev–Trinajstić information content (AvgIpc) is 2.41. The molecule has 1 aromatic rings.